The number of hydrogen-bond donors (Lipinski definition) is 1. The molecule has 1 N–H and O–H groups in total. The summed E-state index contributed by atoms with van der Waals surface area (Å²) in [6, 6.07) is 3.69. The van der Waals surface area contributed by atoms with Crippen molar-refractivity contribution in [3.8, 4) is 0 Å². The molecule has 1 saturated heterocycles. The molecule has 0 spiro atoms. The van der Waals surface area contributed by atoms with E-state index < -0.39 is 0 Å². The SMILES string of the molecule is CCCC[C@@H](c1c(Cl)ccc(C)c1F)N1CCNCC1.Cl. The molecular formula is C16H25Cl2FN2. The molecule has 5 heteroatoms. The summed E-state index contributed by atoms with van der Waals surface area (Å²) in [5.41, 5.74) is 1.38. The summed E-state index contributed by atoms with van der Waals surface area (Å²) in [5, 5.41) is 3.91. The zero-order chi connectivity index (χ0) is 14.5. The highest BCUT2D eigenvalue weighted by atomic mass is 35.5. The van der Waals surface area contributed by atoms with E-state index in [4.69, 9.17) is 11.6 Å². The summed E-state index contributed by atoms with van der Waals surface area (Å²) >= 11 is 6.31. The van der Waals surface area contributed by atoms with Crippen LogP contribution in [-0.2, 0) is 0 Å². The van der Waals surface area contributed by atoms with Crippen molar-refractivity contribution in [2.24, 2.45) is 0 Å². The lowest BCUT2D eigenvalue weighted by atomic mass is 9.96. The molecule has 1 aliphatic heterocycles. The van der Waals surface area contributed by atoms with E-state index >= 15 is 0 Å². The molecule has 0 radical (unpaired) electrons. The molecule has 0 unspecified atom stereocenters. The molecule has 1 heterocycles. The first-order valence-electron chi connectivity index (χ1n) is 7.54. The lowest BCUT2D eigenvalue weighted by Crippen LogP contribution is -2.45. The summed E-state index contributed by atoms with van der Waals surface area (Å²) in [7, 11) is 0. The van der Waals surface area contributed by atoms with E-state index in [2.05, 4.69) is 17.1 Å². The Morgan fingerprint density at radius 1 is 1.33 bits per heavy atom. The summed E-state index contributed by atoms with van der Waals surface area (Å²) < 4.78 is 14.6. The fourth-order valence-electron chi connectivity index (χ4n) is 2.88. The summed E-state index contributed by atoms with van der Waals surface area (Å²) in [4.78, 5) is 2.37. The van der Waals surface area contributed by atoms with Gasteiger partial charge in [0.2, 0.25) is 0 Å². The maximum Gasteiger partial charge on any atom is 0.132 e. The molecule has 1 aromatic rings. The van der Waals surface area contributed by atoms with E-state index in [1.165, 1.54) is 0 Å². The van der Waals surface area contributed by atoms with Crippen LogP contribution in [0.15, 0.2) is 12.1 Å². The van der Waals surface area contributed by atoms with Gasteiger partial charge in [-0.15, -0.1) is 12.4 Å². The maximum absolute atomic E-state index is 14.6. The highest BCUT2D eigenvalue weighted by Gasteiger charge is 2.26. The van der Waals surface area contributed by atoms with Gasteiger partial charge in [0.05, 0.1) is 0 Å². The maximum atomic E-state index is 14.6. The Morgan fingerprint density at radius 2 is 2.00 bits per heavy atom. The molecule has 0 saturated carbocycles. The molecule has 2 nitrogen and oxygen atoms in total. The second kappa shape index (κ2) is 8.94. The Kier molecular flexibility index (Phi) is 7.96. The largest absolute Gasteiger partial charge is 0.314 e. The Labute approximate surface area is 138 Å². The fourth-order valence-corrected chi connectivity index (χ4v) is 3.16. The van der Waals surface area contributed by atoms with Crippen LogP contribution in [0, 0.1) is 12.7 Å². The van der Waals surface area contributed by atoms with Gasteiger partial charge in [0.1, 0.15) is 5.82 Å². The molecule has 1 atom stereocenters. The van der Waals surface area contributed by atoms with Crippen LogP contribution in [0.25, 0.3) is 0 Å². The minimum absolute atomic E-state index is 0. The Morgan fingerprint density at radius 3 is 2.62 bits per heavy atom. The molecular weight excluding hydrogens is 310 g/mol. The van der Waals surface area contributed by atoms with Gasteiger partial charge in [-0.05, 0) is 25.0 Å². The van der Waals surface area contributed by atoms with Gasteiger partial charge < -0.3 is 5.32 Å². The number of rotatable bonds is 5. The average molecular weight is 335 g/mol. The first-order valence-corrected chi connectivity index (χ1v) is 7.92. The van der Waals surface area contributed by atoms with Crippen LogP contribution < -0.4 is 5.32 Å². The molecule has 0 aliphatic carbocycles. The molecule has 1 fully saturated rings. The second-order valence-electron chi connectivity index (χ2n) is 5.54. The second-order valence-corrected chi connectivity index (χ2v) is 5.94. The van der Waals surface area contributed by atoms with Crippen molar-refractivity contribution in [1.29, 1.82) is 0 Å². The molecule has 120 valence electrons. The Hall–Kier alpha value is -0.350. The standard InChI is InChI=1S/C16H24ClFN2.ClH/c1-3-4-5-14(20-10-8-19-9-11-20)15-13(17)7-6-12(2)16(15)18;/h6-7,14,19H,3-5,8-11H2,1-2H3;1H/t14-;/m0./s1. The Bertz CT molecular complexity index is 448. The number of piperazine rings is 1. The smallest absolute Gasteiger partial charge is 0.132 e. The lowest BCUT2D eigenvalue weighted by molar-refractivity contribution is 0.160. The Balaban J connectivity index is 0.00000220. The van der Waals surface area contributed by atoms with Crippen molar-refractivity contribution in [3.05, 3.63) is 34.1 Å². The number of aryl methyl sites for hydroxylation is 1. The number of halogens is 3. The predicted octanol–water partition coefficient (Wildman–Crippen LogP) is 4.35. The first kappa shape index (κ1) is 18.7. The number of hydrogen-bond acceptors (Lipinski definition) is 2. The molecule has 0 bridgehead atoms. The van der Waals surface area contributed by atoms with Crippen LogP contribution in [0.1, 0.15) is 43.4 Å². The van der Waals surface area contributed by atoms with Crippen molar-refractivity contribution in [2.75, 3.05) is 26.2 Å². The molecule has 1 aromatic carbocycles. The third-order valence-electron chi connectivity index (χ3n) is 4.08. The van der Waals surface area contributed by atoms with E-state index in [1.807, 2.05) is 13.0 Å². The number of nitrogens with zero attached hydrogens (tertiary/aromatic N) is 1. The van der Waals surface area contributed by atoms with E-state index in [-0.39, 0.29) is 24.3 Å². The minimum Gasteiger partial charge on any atom is -0.314 e. The third kappa shape index (κ3) is 4.56. The van der Waals surface area contributed by atoms with Gasteiger partial charge in [0.15, 0.2) is 0 Å². The van der Waals surface area contributed by atoms with Crippen LogP contribution in [0.5, 0.6) is 0 Å². The molecule has 21 heavy (non-hydrogen) atoms. The minimum atomic E-state index is -0.128. The fraction of sp³-hybridized carbons (Fsp3) is 0.625. The normalized spacial score (nSPS) is 17.3. The zero-order valence-electron chi connectivity index (χ0n) is 12.8. The van der Waals surface area contributed by atoms with Gasteiger partial charge in [0.25, 0.3) is 0 Å². The van der Waals surface area contributed by atoms with Crippen molar-refractivity contribution in [3.63, 3.8) is 0 Å². The first-order chi connectivity index (χ1) is 9.65. The van der Waals surface area contributed by atoms with E-state index in [1.54, 1.807) is 6.07 Å². The highest BCUT2D eigenvalue weighted by molar-refractivity contribution is 6.31. The summed E-state index contributed by atoms with van der Waals surface area (Å²) in [6.07, 6.45) is 3.18. The third-order valence-corrected chi connectivity index (χ3v) is 4.41. The molecule has 0 amide bonds. The molecule has 0 aromatic heterocycles. The summed E-state index contributed by atoms with van der Waals surface area (Å²) in [6.45, 7) is 7.82. The zero-order valence-corrected chi connectivity index (χ0v) is 14.4. The van der Waals surface area contributed by atoms with Gasteiger partial charge in [-0.2, -0.15) is 0 Å². The van der Waals surface area contributed by atoms with E-state index in [0.717, 1.165) is 45.4 Å². The van der Waals surface area contributed by atoms with Crippen LogP contribution in [-0.4, -0.2) is 31.1 Å². The topological polar surface area (TPSA) is 15.3 Å². The van der Waals surface area contributed by atoms with Gasteiger partial charge in [-0.1, -0.05) is 37.4 Å². The van der Waals surface area contributed by atoms with Crippen molar-refractivity contribution < 1.29 is 4.39 Å². The van der Waals surface area contributed by atoms with Crippen LogP contribution in [0.3, 0.4) is 0 Å². The van der Waals surface area contributed by atoms with Gasteiger partial charge in [0, 0.05) is 42.8 Å². The lowest BCUT2D eigenvalue weighted by Gasteiger charge is -2.36. The van der Waals surface area contributed by atoms with Gasteiger partial charge in [-0.3, -0.25) is 4.90 Å². The van der Waals surface area contributed by atoms with Crippen LogP contribution >= 0.6 is 24.0 Å². The summed E-state index contributed by atoms with van der Waals surface area (Å²) in [5.74, 6) is -0.128. The van der Waals surface area contributed by atoms with Crippen LogP contribution in [0.4, 0.5) is 4.39 Å². The number of benzene rings is 1. The van der Waals surface area contributed by atoms with Crippen molar-refractivity contribution in [1.82, 2.24) is 10.2 Å². The number of unbranched alkanes of at least 4 members (excludes halogenated alkanes) is 1. The molecule has 1 aliphatic rings. The molecule has 2 rings (SSSR count). The number of nitrogens with one attached hydrogen (secondary N) is 1. The van der Waals surface area contributed by atoms with Gasteiger partial charge in [-0.25, -0.2) is 4.39 Å². The average Bonchev–Trinajstić information content (AvgIpc) is 2.47. The predicted molar refractivity (Wildman–Crippen MR) is 90.1 cm³/mol. The van der Waals surface area contributed by atoms with Crippen molar-refractivity contribution in [2.45, 2.75) is 39.2 Å². The van der Waals surface area contributed by atoms with E-state index in [0.29, 0.717) is 16.1 Å². The van der Waals surface area contributed by atoms with Gasteiger partial charge >= 0.3 is 0 Å². The monoisotopic (exact) mass is 334 g/mol. The quantitative estimate of drug-likeness (QED) is 0.861. The van der Waals surface area contributed by atoms with E-state index in [9.17, 15) is 4.39 Å². The van der Waals surface area contributed by atoms with Crippen molar-refractivity contribution >= 4 is 24.0 Å². The highest BCUT2D eigenvalue weighted by Crippen LogP contribution is 2.35. The van der Waals surface area contributed by atoms with Crippen LogP contribution in [0.2, 0.25) is 5.02 Å².